The molecule has 0 radical (unpaired) electrons. The van der Waals surface area contributed by atoms with Crippen LogP contribution in [0.1, 0.15) is 84.9 Å². The van der Waals surface area contributed by atoms with Gasteiger partial charge in [0.05, 0.1) is 6.61 Å². The molecule has 0 spiro atoms. The fourth-order valence-electron chi connectivity index (χ4n) is 3.97. The smallest absolute Gasteiger partial charge is 0.408 e. The van der Waals surface area contributed by atoms with Crippen LogP contribution in [0.5, 0.6) is 0 Å². The van der Waals surface area contributed by atoms with Crippen molar-refractivity contribution < 1.29 is 24.2 Å². The number of carbonyl (C=O) groups is 3. The second-order valence-corrected chi connectivity index (χ2v) is 10.6. The molecule has 3 N–H and O–H groups in total. The van der Waals surface area contributed by atoms with Crippen molar-refractivity contribution in [1.82, 2.24) is 15.5 Å². The molecular formula is C28H45N3O5. The first-order valence-corrected chi connectivity index (χ1v) is 12.8. The summed E-state index contributed by atoms with van der Waals surface area (Å²) in [5.41, 5.74) is 0.661. The van der Waals surface area contributed by atoms with E-state index in [-0.39, 0.29) is 31.0 Å². The molecule has 0 saturated heterocycles. The Morgan fingerprint density at radius 1 is 1.17 bits per heavy atom. The molecule has 0 fully saturated rings. The van der Waals surface area contributed by atoms with Crippen molar-refractivity contribution in [2.75, 3.05) is 13.2 Å². The molecular weight excluding hydrogens is 458 g/mol. The minimum Gasteiger partial charge on any atom is -0.444 e. The highest BCUT2D eigenvalue weighted by atomic mass is 16.6. The molecule has 3 atom stereocenters. The van der Waals surface area contributed by atoms with Crippen LogP contribution in [-0.4, -0.2) is 58.8 Å². The van der Waals surface area contributed by atoms with Crippen LogP contribution in [0, 0.1) is 5.92 Å². The molecule has 0 bridgehead atoms. The largest absolute Gasteiger partial charge is 0.444 e. The number of hydrogen-bond acceptors (Lipinski definition) is 5. The number of benzene rings is 1. The Hall–Kier alpha value is -2.87. The van der Waals surface area contributed by atoms with E-state index in [0.717, 1.165) is 18.4 Å². The maximum absolute atomic E-state index is 13.9. The van der Waals surface area contributed by atoms with E-state index in [9.17, 15) is 19.5 Å². The summed E-state index contributed by atoms with van der Waals surface area (Å²) in [4.78, 5) is 41.4. The van der Waals surface area contributed by atoms with Crippen molar-refractivity contribution in [1.29, 1.82) is 0 Å². The van der Waals surface area contributed by atoms with Gasteiger partial charge in [-0.3, -0.25) is 9.59 Å². The predicted octanol–water partition coefficient (Wildman–Crippen LogP) is 4.44. The number of carbonyl (C=O) groups excluding carboxylic acids is 3. The first kappa shape index (κ1) is 31.2. The Balaban J connectivity index is 3.48. The average molecular weight is 504 g/mol. The standard InChI is InChI=1S/C28H45N3O5/c1-9-12-20(5)29-25(33)24(22-14-11-13-21(10-2)18-22)31(15-16-32)26(34)23(17-19(3)4)30-27(35)36-28(6,7)8/h10-11,13-14,18-20,23-24,32H,2,9,12,15-17H2,1,3-8H3,(H,29,33)(H,30,35). The van der Waals surface area contributed by atoms with Gasteiger partial charge < -0.3 is 25.4 Å². The van der Waals surface area contributed by atoms with Crippen LogP contribution in [0.3, 0.4) is 0 Å². The number of amides is 3. The van der Waals surface area contributed by atoms with Crippen molar-refractivity contribution >= 4 is 24.0 Å². The number of aliphatic hydroxyl groups excluding tert-OH is 1. The molecule has 1 aromatic rings. The zero-order valence-corrected chi connectivity index (χ0v) is 23.0. The number of rotatable bonds is 13. The third-order valence-electron chi connectivity index (χ3n) is 5.45. The van der Waals surface area contributed by atoms with Gasteiger partial charge in [0.1, 0.15) is 17.7 Å². The lowest BCUT2D eigenvalue weighted by molar-refractivity contribution is -0.143. The first-order chi connectivity index (χ1) is 16.8. The lowest BCUT2D eigenvalue weighted by Crippen LogP contribution is -2.54. The average Bonchev–Trinajstić information content (AvgIpc) is 2.76. The van der Waals surface area contributed by atoms with Gasteiger partial charge in [-0.05, 0) is 63.6 Å². The van der Waals surface area contributed by atoms with Crippen LogP contribution in [-0.2, 0) is 14.3 Å². The van der Waals surface area contributed by atoms with E-state index in [1.807, 2.05) is 33.8 Å². The lowest BCUT2D eigenvalue weighted by Gasteiger charge is -2.35. The van der Waals surface area contributed by atoms with Gasteiger partial charge in [-0.2, -0.15) is 0 Å². The summed E-state index contributed by atoms with van der Waals surface area (Å²) in [6.07, 6.45) is 2.98. The molecule has 0 aliphatic heterocycles. The molecule has 36 heavy (non-hydrogen) atoms. The summed E-state index contributed by atoms with van der Waals surface area (Å²) in [6, 6.07) is 5.21. The van der Waals surface area contributed by atoms with Crippen LogP contribution < -0.4 is 10.6 Å². The minimum atomic E-state index is -1.00. The molecule has 0 aliphatic rings. The molecule has 1 rings (SSSR count). The number of aliphatic hydroxyl groups is 1. The van der Waals surface area contributed by atoms with Gasteiger partial charge in [0.15, 0.2) is 0 Å². The summed E-state index contributed by atoms with van der Waals surface area (Å²) in [6.45, 7) is 16.5. The van der Waals surface area contributed by atoms with Gasteiger partial charge in [-0.25, -0.2) is 4.79 Å². The Morgan fingerprint density at radius 3 is 2.36 bits per heavy atom. The van der Waals surface area contributed by atoms with Crippen LogP contribution in [0.4, 0.5) is 4.79 Å². The normalized spacial score (nSPS) is 13.9. The summed E-state index contributed by atoms with van der Waals surface area (Å²) < 4.78 is 5.38. The Bertz CT molecular complexity index is 878. The van der Waals surface area contributed by atoms with Crippen molar-refractivity contribution in [3.8, 4) is 0 Å². The summed E-state index contributed by atoms with van der Waals surface area (Å²) in [7, 11) is 0. The molecule has 8 heteroatoms. The Labute approximate surface area is 216 Å². The van der Waals surface area contributed by atoms with Gasteiger partial charge in [-0.15, -0.1) is 0 Å². The Morgan fingerprint density at radius 2 is 1.83 bits per heavy atom. The van der Waals surface area contributed by atoms with Crippen molar-refractivity contribution in [3.05, 3.63) is 42.0 Å². The van der Waals surface area contributed by atoms with Gasteiger partial charge >= 0.3 is 6.09 Å². The van der Waals surface area contributed by atoms with Gasteiger partial charge in [0.2, 0.25) is 11.8 Å². The van der Waals surface area contributed by atoms with Crippen molar-refractivity contribution in [3.63, 3.8) is 0 Å². The SMILES string of the molecule is C=Cc1cccc(C(C(=O)NC(C)CCC)N(CCO)C(=O)C(CC(C)C)NC(=O)OC(C)(C)C)c1. The topological polar surface area (TPSA) is 108 Å². The van der Waals surface area contributed by atoms with Crippen LogP contribution >= 0.6 is 0 Å². The van der Waals surface area contributed by atoms with E-state index >= 15 is 0 Å². The molecule has 1 aromatic carbocycles. The van der Waals surface area contributed by atoms with Gasteiger partial charge in [0.25, 0.3) is 0 Å². The van der Waals surface area contributed by atoms with Crippen LogP contribution in [0.2, 0.25) is 0 Å². The summed E-state index contributed by atoms with van der Waals surface area (Å²) in [5, 5.41) is 15.6. The molecule has 0 heterocycles. The summed E-state index contributed by atoms with van der Waals surface area (Å²) >= 11 is 0. The molecule has 0 aliphatic carbocycles. The highest BCUT2D eigenvalue weighted by Gasteiger charge is 2.36. The van der Waals surface area contributed by atoms with Crippen LogP contribution in [0.15, 0.2) is 30.8 Å². The zero-order valence-electron chi connectivity index (χ0n) is 23.0. The number of alkyl carbamates (subject to hydrolysis) is 1. The number of hydrogen-bond donors (Lipinski definition) is 3. The van der Waals surface area contributed by atoms with E-state index in [4.69, 9.17) is 4.74 Å². The maximum Gasteiger partial charge on any atom is 0.408 e. The summed E-state index contributed by atoms with van der Waals surface area (Å²) in [5.74, 6) is -0.735. The fraction of sp³-hybridized carbons (Fsp3) is 0.607. The second-order valence-electron chi connectivity index (χ2n) is 10.6. The molecule has 202 valence electrons. The Kier molecular flexibility index (Phi) is 12.7. The predicted molar refractivity (Wildman–Crippen MR) is 143 cm³/mol. The van der Waals surface area contributed by atoms with E-state index in [1.165, 1.54) is 4.90 Å². The highest BCUT2D eigenvalue weighted by molar-refractivity contribution is 5.92. The number of ether oxygens (including phenoxy) is 1. The third-order valence-corrected chi connectivity index (χ3v) is 5.45. The van der Waals surface area contributed by atoms with Gasteiger partial charge in [-0.1, -0.05) is 58.0 Å². The minimum absolute atomic E-state index is 0.0748. The molecule has 3 amide bonds. The maximum atomic E-state index is 13.9. The lowest BCUT2D eigenvalue weighted by atomic mass is 9.98. The van der Waals surface area contributed by atoms with E-state index in [0.29, 0.717) is 12.0 Å². The quantitative estimate of drug-likeness (QED) is 0.369. The first-order valence-electron chi connectivity index (χ1n) is 12.8. The number of nitrogens with zero attached hydrogens (tertiary/aromatic N) is 1. The second kappa shape index (κ2) is 14.6. The van der Waals surface area contributed by atoms with Crippen molar-refractivity contribution in [2.45, 2.75) is 91.5 Å². The van der Waals surface area contributed by atoms with Gasteiger partial charge in [0, 0.05) is 12.6 Å². The van der Waals surface area contributed by atoms with E-state index in [2.05, 4.69) is 17.2 Å². The molecule has 8 nitrogen and oxygen atoms in total. The molecule has 0 saturated carbocycles. The van der Waals surface area contributed by atoms with E-state index in [1.54, 1.807) is 45.0 Å². The number of nitrogens with one attached hydrogen (secondary N) is 2. The van der Waals surface area contributed by atoms with Crippen LogP contribution in [0.25, 0.3) is 6.08 Å². The third kappa shape index (κ3) is 10.4. The molecule has 0 aromatic heterocycles. The highest BCUT2D eigenvalue weighted by Crippen LogP contribution is 2.25. The fourth-order valence-corrected chi connectivity index (χ4v) is 3.97. The van der Waals surface area contributed by atoms with Crippen molar-refractivity contribution in [2.24, 2.45) is 5.92 Å². The molecule has 3 unspecified atom stereocenters. The van der Waals surface area contributed by atoms with E-state index < -0.39 is 29.7 Å². The zero-order chi connectivity index (χ0) is 27.5. The monoisotopic (exact) mass is 503 g/mol.